The third-order valence-electron chi connectivity index (χ3n) is 3.67. The van der Waals surface area contributed by atoms with Crippen LogP contribution in [0.25, 0.3) is 0 Å². The first kappa shape index (κ1) is 14.8. The van der Waals surface area contributed by atoms with E-state index in [0.717, 1.165) is 32.7 Å². The van der Waals surface area contributed by atoms with Crippen molar-refractivity contribution in [3.8, 4) is 0 Å². The van der Waals surface area contributed by atoms with Crippen LogP contribution in [0.4, 0.5) is 5.13 Å². The topological polar surface area (TPSA) is 31.4 Å². The summed E-state index contributed by atoms with van der Waals surface area (Å²) in [6.45, 7) is 14.3. The van der Waals surface area contributed by atoms with Gasteiger partial charge in [0.2, 0.25) is 0 Å². The van der Waals surface area contributed by atoms with Crippen molar-refractivity contribution in [1.29, 1.82) is 0 Å². The molecule has 19 heavy (non-hydrogen) atoms. The molecule has 4 nitrogen and oxygen atoms in total. The zero-order valence-electron chi connectivity index (χ0n) is 12.5. The molecule has 2 heterocycles. The number of nitrogens with one attached hydrogen (secondary N) is 1. The van der Waals surface area contributed by atoms with Gasteiger partial charge in [0.05, 0.1) is 0 Å². The molecule has 1 unspecified atom stereocenters. The lowest BCUT2D eigenvalue weighted by Gasteiger charge is -2.39. The van der Waals surface area contributed by atoms with Gasteiger partial charge in [-0.1, -0.05) is 20.8 Å². The average Bonchev–Trinajstić information content (AvgIpc) is 2.85. The molecule has 1 fully saturated rings. The van der Waals surface area contributed by atoms with Gasteiger partial charge in [-0.3, -0.25) is 4.90 Å². The molecule has 0 bridgehead atoms. The standard InChI is InChI=1S/C14H26N4S/c1-5-17-6-7-18(10-12(17)4)14-16-9-13(19-14)8-15-11(2)3/h9,11-12,15H,5-8,10H2,1-4H3. The molecule has 5 heteroatoms. The SMILES string of the molecule is CCN1CCN(c2ncc(CNC(C)C)s2)CC1C. The Hall–Kier alpha value is -0.650. The Balaban J connectivity index is 1.92. The van der Waals surface area contributed by atoms with Crippen LogP contribution >= 0.6 is 11.3 Å². The van der Waals surface area contributed by atoms with Crippen molar-refractivity contribution in [2.45, 2.75) is 46.3 Å². The minimum Gasteiger partial charge on any atom is -0.345 e. The van der Waals surface area contributed by atoms with E-state index in [0.29, 0.717) is 12.1 Å². The van der Waals surface area contributed by atoms with E-state index in [1.54, 1.807) is 0 Å². The minimum absolute atomic E-state index is 0.527. The average molecular weight is 282 g/mol. The molecule has 1 aromatic heterocycles. The molecule has 1 aliphatic heterocycles. The van der Waals surface area contributed by atoms with Crippen molar-refractivity contribution in [2.24, 2.45) is 0 Å². The van der Waals surface area contributed by atoms with Gasteiger partial charge in [0.25, 0.3) is 0 Å². The highest BCUT2D eigenvalue weighted by molar-refractivity contribution is 7.15. The first-order chi connectivity index (χ1) is 9.10. The van der Waals surface area contributed by atoms with E-state index < -0.39 is 0 Å². The summed E-state index contributed by atoms with van der Waals surface area (Å²) in [5.74, 6) is 0. The Morgan fingerprint density at radius 3 is 2.89 bits per heavy atom. The first-order valence-corrected chi connectivity index (χ1v) is 8.09. The Kier molecular flexibility index (Phi) is 5.19. The van der Waals surface area contributed by atoms with Crippen LogP contribution in [0.3, 0.4) is 0 Å². The Morgan fingerprint density at radius 1 is 1.47 bits per heavy atom. The first-order valence-electron chi connectivity index (χ1n) is 7.27. The summed E-state index contributed by atoms with van der Waals surface area (Å²) in [7, 11) is 0. The Morgan fingerprint density at radius 2 is 2.26 bits per heavy atom. The molecule has 1 aliphatic rings. The number of rotatable bonds is 5. The van der Waals surface area contributed by atoms with E-state index in [2.05, 4.69) is 47.8 Å². The molecular weight excluding hydrogens is 256 g/mol. The summed E-state index contributed by atoms with van der Waals surface area (Å²) < 4.78 is 0. The van der Waals surface area contributed by atoms with Crippen LogP contribution in [0.5, 0.6) is 0 Å². The molecule has 108 valence electrons. The highest BCUT2D eigenvalue weighted by Crippen LogP contribution is 2.25. The Labute approximate surface area is 120 Å². The molecule has 0 spiro atoms. The number of hydrogen-bond acceptors (Lipinski definition) is 5. The van der Waals surface area contributed by atoms with Crippen LogP contribution in [0.1, 0.15) is 32.6 Å². The van der Waals surface area contributed by atoms with Crippen LogP contribution < -0.4 is 10.2 Å². The fraction of sp³-hybridized carbons (Fsp3) is 0.786. The maximum Gasteiger partial charge on any atom is 0.185 e. The molecule has 0 radical (unpaired) electrons. The lowest BCUT2D eigenvalue weighted by atomic mass is 10.2. The van der Waals surface area contributed by atoms with Gasteiger partial charge in [-0.25, -0.2) is 4.98 Å². The van der Waals surface area contributed by atoms with E-state index in [1.165, 1.54) is 10.0 Å². The summed E-state index contributed by atoms with van der Waals surface area (Å²) in [5, 5.41) is 4.63. The summed E-state index contributed by atoms with van der Waals surface area (Å²) in [5.41, 5.74) is 0. The number of likely N-dealkylation sites (N-methyl/N-ethyl adjacent to an activating group) is 1. The second-order valence-electron chi connectivity index (χ2n) is 5.57. The normalized spacial score (nSPS) is 21.3. The predicted molar refractivity (Wildman–Crippen MR) is 83.0 cm³/mol. The van der Waals surface area contributed by atoms with Crippen molar-refractivity contribution >= 4 is 16.5 Å². The van der Waals surface area contributed by atoms with Crippen LogP contribution in [-0.4, -0.2) is 48.1 Å². The third-order valence-corrected chi connectivity index (χ3v) is 4.73. The summed E-state index contributed by atoms with van der Waals surface area (Å²) in [4.78, 5) is 10.9. The third kappa shape index (κ3) is 3.91. The number of aromatic nitrogens is 1. The predicted octanol–water partition coefficient (Wildman–Crippen LogP) is 2.17. The number of piperazine rings is 1. The molecule has 0 aromatic carbocycles. The maximum atomic E-state index is 4.59. The van der Waals surface area contributed by atoms with E-state index in [4.69, 9.17) is 0 Å². The van der Waals surface area contributed by atoms with Gasteiger partial charge < -0.3 is 10.2 Å². The second-order valence-corrected chi connectivity index (χ2v) is 6.66. The van der Waals surface area contributed by atoms with Gasteiger partial charge in [0, 0.05) is 49.3 Å². The fourth-order valence-corrected chi connectivity index (χ4v) is 3.36. The number of thiazole rings is 1. The second kappa shape index (κ2) is 6.68. The van der Waals surface area contributed by atoms with Gasteiger partial charge in [0.15, 0.2) is 5.13 Å². The van der Waals surface area contributed by atoms with Gasteiger partial charge in [0.1, 0.15) is 0 Å². The van der Waals surface area contributed by atoms with E-state index >= 15 is 0 Å². The molecular formula is C14H26N4S. The van der Waals surface area contributed by atoms with E-state index in [-0.39, 0.29) is 0 Å². The van der Waals surface area contributed by atoms with Crippen LogP contribution in [0.15, 0.2) is 6.20 Å². The van der Waals surface area contributed by atoms with Gasteiger partial charge in [-0.15, -0.1) is 11.3 Å². The van der Waals surface area contributed by atoms with Crippen molar-refractivity contribution in [1.82, 2.24) is 15.2 Å². The lowest BCUT2D eigenvalue weighted by molar-refractivity contribution is 0.199. The molecule has 2 rings (SSSR count). The number of anilines is 1. The number of hydrogen-bond donors (Lipinski definition) is 1. The van der Waals surface area contributed by atoms with Crippen molar-refractivity contribution < 1.29 is 0 Å². The quantitative estimate of drug-likeness (QED) is 0.897. The molecule has 0 amide bonds. The minimum atomic E-state index is 0.527. The molecule has 1 atom stereocenters. The van der Waals surface area contributed by atoms with Crippen molar-refractivity contribution in [2.75, 3.05) is 31.1 Å². The lowest BCUT2D eigenvalue weighted by Crippen LogP contribution is -2.51. The van der Waals surface area contributed by atoms with Crippen LogP contribution in [0, 0.1) is 0 Å². The smallest absolute Gasteiger partial charge is 0.185 e. The summed E-state index contributed by atoms with van der Waals surface area (Å²) >= 11 is 1.83. The van der Waals surface area contributed by atoms with Crippen molar-refractivity contribution in [3.63, 3.8) is 0 Å². The van der Waals surface area contributed by atoms with Gasteiger partial charge in [-0.2, -0.15) is 0 Å². The zero-order chi connectivity index (χ0) is 13.8. The van der Waals surface area contributed by atoms with Gasteiger partial charge >= 0.3 is 0 Å². The fourth-order valence-electron chi connectivity index (χ4n) is 2.47. The number of nitrogens with zero attached hydrogens (tertiary/aromatic N) is 3. The van der Waals surface area contributed by atoms with Gasteiger partial charge in [-0.05, 0) is 13.5 Å². The monoisotopic (exact) mass is 282 g/mol. The molecule has 1 saturated heterocycles. The largest absolute Gasteiger partial charge is 0.345 e. The Bertz CT molecular complexity index is 391. The zero-order valence-corrected chi connectivity index (χ0v) is 13.3. The van der Waals surface area contributed by atoms with Crippen molar-refractivity contribution in [3.05, 3.63) is 11.1 Å². The summed E-state index contributed by atoms with van der Waals surface area (Å²) in [6.07, 6.45) is 2.02. The summed E-state index contributed by atoms with van der Waals surface area (Å²) in [6, 6.07) is 1.15. The van der Waals surface area contributed by atoms with Crippen LogP contribution in [-0.2, 0) is 6.54 Å². The van der Waals surface area contributed by atoms with E-state index in [1.807, 2.05) is 17.5 Å². The maximum absolute atomic E-state index is 4.59. The molecule has 1 N–H and O–H groups in total. The molecule has 0 aliphatic carbocycles. The van der Waals surface area contributed by atoms with E-state index in [9.17, 15) is 0 Å². The highest BCUT2D eigenvalue weighted by Gasteiger charge is 2.24. The molecule has 1 aromatic rings. The highest BCUT2D eigenvalue weighted by atomic mass is 32.1. The molecule has 0 saturated carbocycles. The van der Waals surface area contributed by atoms with Crippen LogP contribution in [0.2, 0.25) is 0 Å².